The molecule has 3 rings (SSSR count). The average molecular weight is 353 g/mol. The van der Waals surface area contributed by atoms with E-state index in [4.69, 9.17) is 15.2 Å². The first-order chi connectivity index (χ1) is 12.6. The number of carbonyl (C=O) groups excluding carboxylic acids is 2. The van der Waals surface area contributed by atoms with Crippen LogP contribution in [-0.2, 0) is 21.6 Å². The Balaban J connectivity index is 1.80. The van der Waals surface area contributed by atoms with Crippen LogP contribution in [0.15, 0.2) is 48.5 Å². The van der Waals surface area contributed by atoms with Crippen molar-refractivity contribution in [1.29, 1.82) is 0 Å². The van der Waals surface area contributed by atoms with E-state index in [1.807, 2.05) is 24.3 Å². The van der Waals surface area contributed by atoms with Crippen molar-refractivity contribution in [2.24, 2.45) is 5.73 Å². The van der Waals surface area contributed by atoms with E-state index in [2.05, 4.69) is 0 Å². The molecule has 0 bridgehead atoms. The number of amides is 1. The number of primary amides is 1. The minimum Gasteiger partial charge on any atom is -0.497 e. The number of benzene rings is 2. The molecule has 5 nitrogen and oxygen atoms in total. The molecule has 0 radical (unpaired) electrons. The molecule has 0 aliphatic heterocycles. The van der Waals surface area contributed by atoms with Crippen molar-refractivity contribution >= 4 is 11.9 Å². The summed E-state index contributed by atoms with van der Waals surface area (Å²) < 4.78 is 10.8. The van der Waals surface area contributed by atoms with Crippen molar-refractivity contribution < 1.29 is 19.1 Å². The van der Waals surface area contributed by atoms with Crippen molar-refractivity contribution in [3.8, 4) is 5.75 Å². The fourth-order valence-electron chi connectivity index (χ4n) is 3.67. The number of hydrogen-bond donors (Lipinski definition) is 1. The molecule has 136 valence electrons. The summed E-state index contributed by atoms with van der Waals surface area (Å²) >= 11 is 0. The maximum atomic E-state index is 13.0. The lowest BCUT2D eigenvalue weighted by molar-refractivity contribution is -0.152. The fraction of sp³-hybridized carbons (Fsp3) is 0.333. The van der Waals surface area contributed by atoms with Crippen LogP contribution in [0, 0.1) is 0 Å². The molecule has 1 amide bonds. The van der Waals surface area contributed by atoms with E-state index in [1.165, 1.54) is 0 Å². The minimum absolute atomic E-state index is 0.0376. The molecule has 2 aromatic rings. The van der Waals surface area contributed by atoms with Crippen LogP contribution in [0.3, 0.4) is 0 Å². The van der Waals surface area contributed by atoms with Gasteiger partial charge < -0.3 is 15.2 Å². The van der Waals surface area contributed by atoms with Gasteiger partial charge >= 0.3 is 5.97 Å². The van der Waals surface area contributed by atoms with E-state index >= 15 is 0 Å². The standard InChI is InChI=1S/C21H23NO4/c1-25-17-10-8-16(9-11-17)21(12-4-5-13-21)20(24)26-14-15-6-2-3-7-18(15)19(22)23/h2-3,6-11H,4-5,12-14H2,1H3,(H2,22,23). The van der Waals surface area contributed by atoms with Gasteiger partial charge in [0.05, 0.1) is 12.5 Å². The second-order valence-electron chi connectivity index (χ2n) is 6.62. The molecule has 0 unspecified atom stereocenters. The lowest BCUT2D eigenvalue weighted by Crippen LogP contribution is -2.34. The Kier molecular flexibility index (Phi) is 5.26. The van der Waals surface area contributed by atoms with Crippen LogP contribution in [0.2, 0.25) is 0 Å². The number of methoxy groups -OCH3 is 1. The van der Waals surface area contributed by atoms with Crippen LogP contribution in [-0.4, -0.2) is 19.0 Å². The van der Waals surface area contributed by atoms with Crippen molar-refractivity contribution in [3.63, 3.8) is 0 Å². The second kappa shape index (κ2) is 7.60. The minimum atomic E-state index is -0.631. The van der Waals surface area contributed by atoms with Gasteiger partial charge in [-0.05, 0) is 36.6 Å². The number of carbonyl (C=O) groups is 2. The van der Waals surface area contributed by atoms with Crippen molar-refractivity contribution in [3.05, 3.63) is 65.2 Å². The van der Waals surface area contributed by atoms with Crippen molar-refractivity contribution in [2.45, 2.75) is 37.7 Å². The van der Waals surface area contributed by atoms with Crippen LogP contribution in [0.1, 0.15) is 47.2 Å². The highest BCUT2D eigenvalue weighted by Crippen LogP contribution is 2.42. The number of rotatable bonds is 6. The highest BCUT2D eigenvalue weighted by Gasteiger charge is 2.44. The molecule has 0 atom stereocenters. The summed E-state index contributed by atoms with van der Waals surface area (Å²) in [6, 6.07) is 14.5. The predicted octanol–water partition coefficient (Wildman–Crippen LogP) is 3.35. The smallest absolute Gasteiger partial charge is 0.316 e. The number of nitrogens with two attached hydrogens (primary N) is 1. The van der Waals surface area contributed by atoms with Gasteiger partial charge in [-0.25, -0.2) is 0 Å². The first-order valence-corrected chi connectivity index (χ1v) is 8.76. The maximum absolute atomic E-state index is 13.0. The Hall–Kier alpha value is -2.82. The Morgan fingerprint density at radius 3 is 2.31 bits per heavy atom. The van der Waals surface area contributed by atoms with Crippen LogP contribution in [0.25, 0.3) is 0 Å². The van der Waals surface area contributed by atoms with Crippen LogP contribution in [0.4, 0.5) is 0 Å². The normalized spacial score (nSPS) is 15.4. The van der Waals surface area contributed by atoms with E-state index in [-0.39, 0.29) is 12.6 Å². The Morgan fingerprint density at radius 2 is 1.69 bits per heavy atom. The molecule has 1 saturated carbocycles. The topological polar surface area (TPSA) is 78.6 Å². The molecule has 0 aromatic heterocycles. The Morgan fingerprint density at radius 1 is 1.04 bits per heavy atom. The highest BCUT2D eigenvalue weighted by molar-refractivity contribution is 5.94. The third kappa shape index (κ3) is 3.43. The molecule has 1 aliphatic rings. The number of ether oxygens (including phenoxy) is 2. The van der Waals surface area contributed by atoms with Crippen LogP contribution in [0.5, 0.6) is 5.75 Å². The molecule has 1 fully saturated rings. The molecular formula is C21H23NO4. The Labute approximate surface area is 153 Å². The zero-order valence-electron chi connectivity index (χ0n) is 14.9. The van der Waals surface area contributed by atoms with Gasteiger partial charge in [-0.15, -0.1) is 0 Å². The predicted molar refractivity (Wildman–Crippen MR) is 97.9 cm³/mol. The summed E-state index contributed by atoms with van der Waals surface area (Å²) in [7, 11) is 1.62. The zero-order chi connectivity index (χ0) is 18.6. The fourth-order valence-corrected chi connectivity index (χ4v) is 3.67. The molecular weight excluding hydrogens is 330 g/mol. The number of esters is 1. The quantitative estimate of drug-likeness (QED) is 0.808. The summed E-state index contributed by atoms with van der Waals surface area (Å²) in [5.74, 6) is -0.0209. The van der Waals surface area contributed by atoms with Crippen molar-refractivity contribution in [1.82, 2.24) is 0 Å². The van der Waals surface area contributed by atoms with E-state index in [0.717, 1.165) is 37.0 Å². The highest BCUT2D eigenvalue weighted by atomic mass is 16.5. The van der Waals surface area contributed by atoms with Gasteiger partial charge in [0.15, 0.2) is 0 Å². The van der Waals surface area contributed by atoms with Crippen LogP contribution >= 0.6 is 0 Å². The molecule has 5 heteroatoms. The molecule has 2 N–H and O–H groups in total. The van der Waals surface area contributed by atoms with Gasteiger partial charge in [0.2, 0.25) is 5.91 Å². The summed E-state index contributed by atoms with van der Waals surface area (Å²) in [6.07, 6.45) is 3.49. The summed E-state index contributed by atoms with van der Waals surface area (Å²) in [4.78, 5) is 24.5. The van der Waals surface area contributed by atoms with Crippen LogP contribution < -0.4 is 10.5 Å². The molecule has 1 aliphatic carbocycles. The SMILES string of the molecule is COc1ccc(C2(C(=O)OCc3ccccc3C(N)=O)CCCC2)cc1. The van der Waals surface area contributed by atoms with E-state index in [0.29, 0.717) is 11.1 Å². The third-order valence-electron chi connectivity index (χ3n) is 5.13. The second-order valence-corrected chi connectivity index (χ2v) is 6.62. The Bertz CT molecular complexity index is 792. The summed E-state index contributed by atoms with van der Waals surface area (Å²) in [6.45, 7) is 0.0376. The summed E-state index contributed by atoms with van der Waals surface area (Å²) in [5, 5.41) is 0. The monoisotopic (exact) mass is 353 g/mol. The van der Waals surface area contributed by atoms with Gasteiger partial charge in [-0.2, -0.15) is 0 Å². The van der Waals surface area contributed by atoms with Gasteiger partial charge in [0.25, 0.3) is 0 Å². The third-order valence-corrected chi connectivity index (χ3v) is 5.13. The molecule has 26 heavy (non-hydrogen) atoms. The van der Waals surface area contributed by atoms with E-state index in [9.17, 15) is 9.59 Å². The average Bonchev–Trinajstić information content (AvgIpc) is 3.17. The first-order valence-electron chi connectivity index (χ1n) is 8.76. The molecule has 0 saturated heterocycles. The van der Waals surface area contributed by atoms with Gasteiger partial charge in [0, 0.05) is 11.1 Å². The summed E-state index contributed by atoms with van der Waals surface area (Å²) in [5.41, 5.74) is 6.71. The molecule has 0 heterocycles. The first kappa shape index (κ1) is 18.0. The largest absolute Gasteiger partial charge is 0.497 e. The number of hydrogen-bond acceptors (Lipinski definition) is 4. The lowest BCUT2D eigenvalue weighted by atomic mass is 9.79. The van der Waals surface area contributed by atoms with Gasteiger partial charge in [-0.3, -0.25) is 9.59 Å². The molecule has 0 spiro atoms. The molecule has 2 aromatic carbocycles. The zero-order valence-corrected chi connectivity index (χ0v) is 14.9. The van der Waals surface area contributed by atoms with Gasteiger partial charge in [-0.1, -0.05) is 43.2 Å². The maximum Gasteiger partial charge on any atom is 0.316 e. The van der Waals surface area contributed by atoms with Gasteiger partial charge in [0.1, 0.15) is 12.4 Å². The van der Waals surface area contributed by atoms with E-state index in [1.54, 1.807) is 31.4 Å². The van der Waals surface area contributed by atoms with Crippen molar-refractivity contribution in [2.75, 3.05) is 7.11 Å². The lowest BCUT2D eigenvalue weighted by Gasteiger charge is -2.27. The van der Waals surface area contributed by atoms with E-state index < -0.39 is 11.3 Å².